The number of nitrogens with one attached hydrogen (secondary N) is 1. The second kappa shape index (κ2) is 10.3. The topological polar surface area (TPSA) is 65.4 Å². The largest absolute Gasteiger partial charge is 0.497 e. The Kier molecular flexibility index (Phi) is 7.21. The maximum absolute atomic E-state index is 13.4. The van der Waals surface area contributed by atoms with E-state index in [0.717, 1.165) is 16.3 Å². The third-order valence-electron chi connectivity index (χ3n) is 5.46. The van der Waals surface area contributed by atoms with Crippen LogP contribution in [0.2, 0.25) is 5.02 Å². The summed E-state index contributed by atoms with van der Waals surface area (Å²) in [6, 6.07) is 18.9. The molecule has 36 heavy (non-hydrogen) atoms. The lowest BCUT2D eigenvalue weighted by Gasteiger charge is -2.12. The highest BCUT2D eigenvalue weighted by molar-refractivity contribution is 6.32. The van der Waals surface area contributed by atoms with Gasteiger partial charge in [-0.3, -0.25) is 4.79 Å². The molecule has 1 heterocycles. The maximum Gasteiger partial charge on any atom is 0.435 e. The first-order chi connectivity index (χ1) is 17.2. The van der Waals surface area contributed by atoms with E-state index in [4.69, 9.17) is 21.1 Å². The van der Waals surface area contributed by atoms with Crippen molar-refractivity contribution < 1.29 is 27.4 Å². The van der Waals surface area contributed by atoms with Crippen molar-refractivity contribution in [3.63, 3.8) is 0 Å². The molecule has 3 aromatic carbocycles. The van der Waals surface area contributed by atoms with Crippen LogP contribution < -0.4 is 14.8 Å². The summed E-state index contributed by atoms with van der Waals surface area (Å²) in [5, 5.41) is 6.81. The molecule has 0 aliphatic heterocycles. The molecule has 0 bridgehead atoms. The number of ether oxygens (including phenoxy) is 2. The molecule has 0 fully saturated rings. The van der Waals surface area contributed by atoms with Crippen LogP contribution in [-0.2, 0) is 12.7 Å². The van der Waals surface area contributed by atoms with Crippen molar-refractivity contribution in [3.8, 4) is 28.4 Å². The van der Waals surface area contributed by atoms with Crippen LogP contribution >= 0.6 is 11.6 Å². The van der Waals surface area contributed by atoms with E-state index < -0.39 is 11.9 Å². The number of carbonyl (C=O) groups excluding carboxylic acids is 1. The first-order valence-corrected chi connectivity index (χ1v) is 11.1. The molecule has 0 radical (unpaired) electrons. The zero-order valence-electron chi connectivity index (χ0n) is 19.3. The van der Waals surface area contributed by atoms with Crippen LogP contribution in [0.1, 0.15) is 21.6 Å². The second-order valence-corrected chi connectivity index (χ2v) is 8.12. The molecule has 1 amide bonds. The van der Waals surface area contributed by atoms with E-state index in [1.54, 1.807) is 61.7 Å². The Morgan fingerprint density at radius 1 is 1.00 bits per heavy atom. The summed E-state index contributed by atoms with van der Waals surface area (Å²) in [6.07, 6.45) is -4.64. The second-order valence-electron chi connectivity index (χ2n) is 7.71. The Balaban J connectivity index is 1.58. The Morgan fingerprint density at radius 3 is 2.36 bits per heavy atom. The number of halogens is 4. The normalized spacial score (nSPS) is 11.3. The fourth-order valence-electron chi connectivity index (χ4n) is 3.60. The molecule has 0 aliphatic rings. The fraction of sp³-hybridized carbons (Fsp3) is 0.154. The summed E-state index contributed by atoms with van der Waals surface area (Å²) in [5.74, 6) is 0.843. The summed E-state index contributed by atoms with van der Waals surface area (Å²) in [5.41, 5.74) is 0.974. The van der Waals surface area contributed by atoms with Crippen LogP contribution in [0, 0.1) is 0 Å². The van der Waals surface area contributed by atoms with Gasteiger partial charge in [-0.2, -0.15) is 18.3 Å². The number of hydrogen-bond donors (Lipinski definition) is 1. The highest BCUT2D eigenvalue weighted by Gasteiger charge is 2.35. The number of rotatable bonds is 7. The van der Waals surface area contributed by atoms with Crippen molar-refractivity contribution in [1.29, 1.82) is 0 Å². The molecule has 0 saturated carbocycles. The molecule has 0 spiro atoms. The molecule has 0 atom stereocenters. The molecule has 1 aromatic heterocycles. The van der Waals surface area contributed by atoms with Gasteiger partial charge in [0.25, 0.3) is 5.91 Å². The van der Waals surface area contributed by atoms with E-state index >= 15 is 0 Å². The summed E-state index contributed by atoms with van der Waals surface area (Å²) in [6.45, 7) is 0.210. The maximum atomic E-state index is 13.4. The first kappa shape index (κ1) is 25.1. The van der Waals surface area contributed by atoms with Crippen molar-refractivity contribution in [2.45, 2.75) is 12.7 Å². The van der Waals surface area contributed by atoms with Gasteiger partial charge in [-0.1, -0.05) is 35.9 Å². The van der Waals surface area contributed by atoms with Crippen LogP contribution in [0.25, 0.3) is 16.9 Å². The van der Waals surface area contributed by atoms with Crippen LogP contribution in [0.4, 0.5) is 13.2 Å². The first-order valence-electron chi connectivity index (χ1n) is 10.7. The van der Waals surface area contributed by atoms with Crippen LogP contribution in [-0.4, -0.2) is 29.9 Å². The highest BCUT2D eigenvalue weighted by atomic mass is 35.5. The summed E-state index contributed by atoms with van der Waals surface area (Å²) < 4.78 is 51.9. The predicted octanol–water partition coefficient (Wildman–Crippen LogP) is 6.16. The minimum absolute atomic E-state index is 0.186. The molecule has 10 heteroatoms. The van der Waals surface area contributed by atoms with Gasteiger partial charge in [0, 0.05) is 29.3 Å². The molecular formula is C26H21ClF3N3O3. The highest BCUT2D eigenvalue weighted by Crippen LogP contribution is 2.34. The van der Waals surface area contributed by atoms with Gasteiger partial charge in [0.2, 0.25) is 0 Å². The predicted molar refractivity (Wildman–Crippen MR) is 130 cm³/mol. The molecule has 0 saturated heterocycles. The smallest absolute Gasteiger partial charge is 0.435 e. The SMILES string of the molecule is COc1ccc(CNC(=O)c2ccc(-c3cc(C(F)(F)F)nn3-c3ccccc3Cl)cc2)c(OC)c1. The van der Waals surface area contributed by atoms with Gasteiger partial charge < -0.3 is 14.8 Å². The third-order valence-corrected chi connectivity index (χ3v) is 5.78. The average molecular weight is 516 g/mol. The van der Waals surface area contributed by atoms with E-state index in [0.29, 0.717) is 28.3 Å². The Labute approximate surface area is 210 Å². The number of hydrogen-bond acceptors (Lipinski definition) is 4. The van der Waals surface area contributed by atoms with Crippen LogP contribution in [0.3, 0.4) is 0 Å². The fourth-order valence-corrected chi connectivity index (χ4v) is 3.82. The van der Waals surface area contributed by atoms with Crippen molar-refractivity contribution >= 4 is 17.5 Å². The number of methoxy groups -OCH3 is 2. The van der Waals surface area contributed by atoms with E-state index in [-0.39, 0.29) is 23.2 Å². The minimum Gasteiger partial charge on any atom is -0.497 e. The molecular weight excluding hydrogens is 495 g/mol. The number of amides is 1. The quantitative estimate of drug-likeness (QED) is 0.320. The number of carbonyl (C=O) groups is 1. The number of alkyl halides is 3. The van der Waals surface area contributed by atoms with Gasteiger partial charge in [-0.25, -0.2) is 4.68 Å². The van der Waals surface area contributed by atoms with E-state index in [1.807, 2.05) is 0 Å². The lowest BCUT2D eigenvalue weighted by molar-refractivity contribution is -0.141. The molecule has 4 rings (SSSR count). The number of nitrogens with zero attached hydrogens (tertiary/aromatic N) is 2. The molecule has 0 unspecified atom stereocenters. The molecule has 6 nitrogen and oxygen atoms in total. The number of para-hydroxylation sites is 1. The molecule has 4 aromatic rings. The zero-order chi connectivity index (χ0) is 25.9. The lowest BCUT2D eigenvalue weighted by atomic mass is 10.1. The molecule has 0 aliphatic carbocycles. The van der Waals surface area contributed by atoms with Gasteiger partial charge in [-0.15, -0.1) is 0 Å². The van der Waals surface area contributed by atoms with Gasteiger partial charge in [0.05, 0.1) is 30.6 Å². The Morgan fingerprint density at radius 2 is 1.72 bits per heavy atom. The average Bonchev–Trinajstić information content (AvgIpc) is 3.33. The van der Waals surface area contributed by atoms with Gasteiger partial charge in [0.1, 0.15) is 11.5 Å². The minimum atomic E-state index is -4.64. The van der Waals surface area contributed by atoms with Crippen LogP contribution in [0.5, 0.6) is 11.5 Å². The van der Waals surface area contributed by atoms with Crippen molar-refractivity contribution in [2.75, 3.05) is 14.2 Å². The molecule has 186 valence electrons. The monoisotopic (exact) mass is 515 g/mol. The van der Waals surface area contributed by atoms with E-state index in [9.17, 15) is 18.0 Å². The Bertz CT molecular complexity index is 1390. The van der Waals surface area contributed by atoms with Gasteiger partial charge >= 0.3 is 6.18 Å². The molecule has 1 N–H and O–H groups in total. The van der Waals surface area contributed by atoms with Crippen molar-refractivity contribution in [1.82, 2.24) is 15.1 Å². The van der Waals surface area contributed by atoms with E-state index in [2.05, 4.69) is 10.4 Å². The van der Waals surface area contributed by atoms with Crippen molar-refractivity contribution in [3.05, 3.63) is 94.6 Å². The van der Waals surface area contributed by atoms with Crippen LogP contribution in [0.15, 0.2) is 72.8 Å². The number of aromatic nitrogens is 2. The van der Waals surface area contributed by atoms with Gasteiger partial charge in [-0.05, 0) is 42.5 Å². The third kappa shape index (κ3) is 5.31. The summed E-state index contributed by atoms with van der Waals surface area (Å²) in [7, 11) is 3.07. The van der Waals surface area contributed by atoms with Crippen molar-refractivity contribution in [2.24, 2.45) is 0 Å². The summed E-state index contributed by atoms with van der Waals surface area (Å²) in [4.78, 5) is 12.7. The summed E-state index contributed by atoms with van der Waals surface area (Å²) >= 11 is 6.22. The van der Waals surface area contributed by atoms with E-state index in [1.165, 1.54) is 19.2 Å². The standard InChI is InChI=1S/C26H21ClF3N3O3/c1-35-19-12-11-18(23(13-19)36-2)15-31-25(34)17-9-7-16(8-10-17)22-14-24(26(28,29)30)32-33(22)21-6-4-3-5-20(21)27/h3-14H,15H2,1-2H3,(H,31,34). The zero-order valence-corrected chi connectivity index (χ0v) is 20.0. The lowest BCUT2D eigenvalue weighted by Crippen LogP contribution is -2.23. The number of benzene rings is 3. The Hall–Kier alpha value is -3.98. The van der Waals surface area contributed by atoms with Gasteiger partial charge in [0.15, 0.2) is 5.69 Å².